The molecular weight excluding hydrogens is 270 g/mol. The SMILES string of the molecule is CC(C)(C)Cn1c(CCCl)nc2cc(F)c(F)cc21. The molecule has 1 heterocycles. The van der Waals surface area contributed by atoms with E-state index in [-0.39, 0.29) is 5.41 Å². The molecule has 2 aromatic rings. The minimum Gasteiger partial charge on any atom is -0.327 e. The van der Waals surface area contributed by atoms with Gasteiger partial charge in [-0.05, 0) is 5.41 Å². The van der Waals surface area contributed by atoms with Crippen LogP contribution in [0.25, 0.3) is 11.0 Å². The lowest BCUT2D eigenvalue weighted by molar-refractivity contribution is 0.343. The molecule has 0 unspecified atom stereocenters. The number of nitrogens with zero attached hydrogens (tertiary/aromatic N) is 2. The molecule has 19 heavy (non-hydrogen) atoms. The molecule has 0 amide bonds. The second-order valence-electron chi connectivity index (χ2n) is 5.87. The van der Waals surface area contributed by atoms with Crippen LogP contribution in [0.4, 0.5) is 8.78 Å². The number of halogens is 3. The lowest BCUT2D eigenvalue weighted by atomic mass is 9.96. The van der Waals surface area contributed by atoms with Crippen LogP contribution in [0.1, 0.15) is 26.6 Å². The summed E-state index contributed by atoms with van der Waals surface area (Å²) < 4.78 is 28.6. The highest BCUT2D eigenvalue weighted by Gasteiger charge is 2.19. The summed E-state index contributed by atoms with van der Waals surface area (Å²) in [5, 5.41) is 0. The number of imidazole rings is 1. The van der Waals surface area contributed by atoms with Crippen LogP contribution >= 0.6 is 11.6 Å². The van der Waals surface area contributed by atoms with Crippen molar-refractivity contribution in [1.82, 2.24) is 9.55 Å². The molecule has 0 atom stereocenters. The monoisotopic (exact) mass is 286 g/mol. The van der Waals surface area contributed by atoms with E-state index in [1.807, 2.05) is 4.57 Å². The van der Waals surface area contributed by atoms with Crippen molar-refractivity contribution < 1.29 is 8.78 Å². The van der Waals surface area contributed by atoms with Crippen LogP contribution in [0.2, 0.25) is 0 Å². The number of aryl methyl sites for hydroxylation is 1. The molecule has 1 aromatic carbocycles. The van der Waals surface area contributed by atoms with Crippen molar-refractivity contribution in [3.63, 3.8) is 0 Å². The zero-order chi connectivity index (χ0) is 14.2. The third-order valence-corrected chi connectivity index (χ3v) is 3.01. The maximum atomic E-state index is 13.4. The first-order valence-corrected chi connectivity index (χ1v) is 6.75. The van der Waals surface area contributed by atoms with Gasteiger partial charge in [0.05, 0.1) is 11.0 Å². The Bertz CT molecular complexity index is 599. The van der Waals surface area contributed by atoms with E-state index >= 15 is 0 Å². The van der Waals surface area contributed by atoms with Gasteiger partial charge in [-0.3, -0.25) is 0 Å². The molecule has 0 fully saturated rings. The smallest absolute Gasteiger partial charge is 0.161 e. The Morgan fingerprint density at radius 2 is 1.84 bits per heavy atom. The molecule has 1 aromatic heterocycles. The molecule has 0 saturated carbocycles. The fraction of sp³-hybridized carbons (Fsp3) is 0.500. The molecule has 2 rings (SSSR count). The fourth-order valence-electron chi connectivity index (χ4n) is 2.10. The number of aromatic nitrogens is 2. The number of hydrogen-bond donors (Lipinski definition) is 0. The third-order valence-electron chi connectivity index (χ3n) is 2.82. The van der Waals surface area contributed by atoms with Crippen molar-refractivity contribution in [2.24, 2.45) is 5.41 Å². The molecule has 104 valence electrons. The molecule has 0 saturated heterocycles. The Morgan fingerprint density at radius 1 is 1.21 bits per heavy atom. The summed E-state index contributed by atoms with van der Waals surface area (Å²) >= 11 is 5.77. The maximum Gasteiger partial charge on any atom is 0.161 e. The van der Waals surface area contributed by atoms with Crippen molar-refractivity contribution in [2.75, 3.05) is 5.88 Å². The second-order valence-corrected chi connectivity index (χ2v) is 6.25. The molecule has 0 aliphatic rings. The number of hydrogen-bond acceptors (Lipinski definition) is 1. The fourth-order valence-corrected chi connectivity index (χ4v) is 2.27. The summed E-state index contributed by atoms with van der Waals surface area (Å²) in [6, 6.07) is 2.35. The molecule has 0 spiro atoms. The van der Waals surface area contributed by atoms with Gasteiger partial charge in [0.2, 0.25) is 0 Å². The molecule has 5 heteroatoms. The van der Waals surface area contributed by atoms with Crippen LogP contribution < -0.4 is 0 Å². The Labute approximate surface area is 116 Å². The van der Waals surface area contributed by atoms with Gasteiger partial charge in [0.1, 0.15) is 5.82 Å². The normalized spacial score (nSPS) is 12.3. The number of benzene rings is 1. The first kappa shape index (κ1) is 14.3. The quantitative estimate of drug-likeness (QED) is 0.775. The van der Waals surface area contributed by atoms with Gasteiger partial charge in [0, 0.05) is 31.0 Å². The van der Waals surface area contributed by atoms with Gasteiger partial charge >= 0.3 is 0 Å². The first-order valence-electron chi connectivity index (χ1n) is 6.22. The topological polar surface area (TPSA) is 17.8 Å². The predicted molar refractivity (Wildman–Crippen MR) is 73.5 cm³/mol. The molecule has 0 bridgehead atoms. The lowest BCUT2D eigenvalue weighted by Crippen LogP contribution is -2.17. The van der Waals surface area contributed by atoms with E-state index in [0.717, 1.165) is 11.9 Å². The van der Waals surface area contributed by atoms with Crippen LogP contribution in [-0.2, 0) is 13.0 Å². The molecule has 0 aliphatic heterocycles. The standard InChI is InChI=1S/C14H17ClF2N2/c1-14(2,3)8-19-12-7-10(17)9(16)6-11(12)18-13(19)4-5-15/h6-7H,4-5,8H2,1-3H3. The maximum absolute atomic E-state index is 13.4. The summed E-state index contributed by atoms with van der Waals surface area (Å²) in [5.74, 6) is -0.520. The Kier molecular flexibility index (Phi) is 3.81. The van der Waals surface area contributed by atoms with Crippen molar-refractivity contribution in [2.45, 2.75) is 33.7 Å². The van der Waals surface area contributed by atoms with Crippen LogP contribution in [0.15, 0.2) is 12.1 Å². The highest BCUT2D eigenvalue weighted by atomic mass is 35.5. The van der Waals surface area contributed by atoms with Gasteiger partial charge in [0.15, 0.2) is 11.6 Å². The predicted octanol–water partition coefficient (Wildman–Crippen LogP) is 4.14. The Morgan fingerprint density at radius 3 is 2.42 bits per heavy atom. The van der Waals surface area contributed by atoms with Gasteiger partial charge in [-0.1, -0.05) is 20.8 Å². The highest BCUT2D eigenvalue weighted by molar-refractivity contribution is 6.17. The summed E-state index contributed by atoms with van der Waals surface area (Å²) in [6.45, 7) is 6.94. The first-order chi connectivity index (χ1) is 8.81. The Hall–Kier alpha value is -1.16. The summed E-state index contributed by atoms with van der Waals surface area (Å²) in [7, 11) is 0. The Balaban J connectivity index is 2.62. The van der Waals surface area contributed by atoms with E-state index in [9.17, 15) is 8.78 Å². The third kappa shape index (κ3) is 3.06. The van der Waals surface area contributed by atoms with E-state index in [2.05, 4.69) is 25.8 Å². The van der Waals surface area contributed by atoms with Gasteiger partial charge < -0.3 is 4.57 Å². The molecular formula is C14H17ClF2N2. The van der Waals surface area contributed by atoms with Crippen LogP contribution in [0.5, 0.6) is 0 Å². The van der Waals surface area contributed by atoms with E-state index in [1.54, 1.807) is 0 Å². The van der Waals surface area contributed by atoms with Crippen molar-refractivity contribution in [1.29, 1.82) is 0 Å². The number of alkyl halides is 1. The molecule has 2 nitrogen and oxygen atoms in total. The average Bonchev–Trinajstić information content (AvgIpc) is 2.57. The molecule has 0 radical (unpaired) electrons. The second kappa shape index (κ2) is 5.08. The number of rotatable bonds is 3. The molecule has 0 N–H and O–H groups in total. The van der Waals surface area contributed by atoms with Crippen LogP contribution in [-0.4, -0.2) is 15.4 Å². The minimum atomic E-state index is -0.870. The summed E-state index contributed by atoms with van der Waals surface area (Å²) in [6.07, 6.45) is 0.579. The zero-order valence-corrected chi connectivity index (χ0v) is 12.1. The van der Waals surface area contributed by atoms with Crippen molar-refractivity contribution in [3.05, 3.63) is 29.6 Å². The van der Waals surface area contributed by atoms with Gasteiger partial charge in [-0.15, -0.1) is 11.6 Å². The largest absolute Gasteiger partial charge is 0.327 e. The van der Waals surface area contributed by atoms with Crippen LogP contribution in [0, 0.1) is 17.0 Å². The summed E-state index contributed by atoms with van der Waals surface area (Å²) in [5.41, 5.74) is 1.11. The van der Waals surface area contributed by atoms with E-state index in [1.165, 1.54) is 6.07 Å². The highest BCUT2D eigenvalue weighted by Crippen LogP contribution is 2.25. The molecule has 0 aliphatic carbocycles. The van der Waals surface area contributed by atoms with Gasteiger partial charge in [-0.25, -0.2) is 13.8 Å². The van der Waals surface area contributed by atoms with Crippen molar-refractivity contribution >= 4 is 22.6 Å². The van der Waals surface area contributed by atoms with E-state index in [4.69, 9.17) is 11.6 Å². The zero-order valence-electron chi connectivity index (χ0n) is 11.3. The van der Waals surface area contributed by atoms with E-state index in [0.29, 0.717) is 29.9 Å². The van der Waals surface area contributed by atoms with Crippen molar-refractivity contribution in [3.8, 4) is 0 Å². The minimum absolute atomic E-state index is 0.0134. The summed E-state index contributed by atoms with van der Waals surface area (Å²) in [4.78, 5) is 4.36. The van der Waals surface area contributed by atoms with Gasteiger partial charge in [0.25, 0.3) is 0 Å². The van der Waals surface area contributed by atoms with E-state index < -0.39 is 11.6 Å². The van der Waals surface area contributed by atoms with Gasteiger partial charge in [-0.2, -0.15) is 0 Å². The average molecular weight is 287 g/mol. The number of fused-ring (bicyclic) bond motifs is 1. The lowest BCUT2D eigenvalue weighted by Gasteiger charge is -2.21. The van der Waals surface area contributed by atoms with Crippen LogP contribution in [0.3, 0.4) is 0 Å².